The minimum absolute atomic E-state index is 0.694. The lowest BCUT2D eigenvalue weighted by Gasteiger charge is -2.27. The molecule has 0 aliphatic carbocycles. The van der Waals surface area contributed by atoms with Crippen LogP contribution in [-0.2, 0) is 5.60 Å². The first kappa shape index (κ1) is 12.8. The average molecular weight is 244 g/mol. The fourth-order valence-electron chi connectivity index (χ4n) is 2.33. The summed E-state index contributed by atoms with van der Waals surface area (Å²) in [6.07, 6.45) is 4.14. The van der Waals surface area contributed by atoms with Crippen LogP contribution in [-0.4, -0.2) is 14.9 Å². The monoisotopic (exact) mass is 244 g/mol. The number of rotatable bonds is 5. The van der Waals surface area contributed by atoms with E-state index in [2.05, 4.69) is 12.0 Å². The normalized spacial score (nSPS) is 14.4. The summed E-state index contributed by atoms with van der Waals surface area (Å²) in [5, 5.41) is 15.1. The highest BCUT2D eigenvalue weighted by Gasteiger charge is 2.30. The lowest BCUT2D eigenvalue weighted by atomic mass is 9.91. The number of nitrogens with zero attached hydrogens (tertiary/aromatic N) is 2. The Kier molecular flexibility index (Phi) is 3.82. The third-order valence-electron chi connectivity index (χ3n) is 3.37. The maximum Gasteiger partial charge on any atom is 0.106 e. The Balaban J connectivity index is 2.44. The topological polar surface area (TPSA) is 38.1 Å². The first-order valence-corrected chi connectivity index (χ1v) is 6.53. The van der Waals surface area contributed by atoms with E-state index in [0.29, 0.717) is 6.42 Å². The van der Waals surface area contributed by atoms with Crippen LogP contribution in [0.2, 0.25) is 0 Å². The number of hydrogen-bond acceptors (Lipinski definition) is 2. The number of para-hydroxylation sites is 1. The first-order valence-electron chi connectivity index (χ1n) is 6.53. The van der Waals surface area contributed by atoms with E-state index in [0.717, 1.165) is 24.2 Å². The molecule has 0 saturated carbocycles. The van der Waals surface area contributed by atoms with Gasteiger partial charge >= 0.3 is 0 Å². The van der Waals surface area contributed by atoms with Crippen molar-refractivity contribution in [2.75, 3.05) is 0 Å². The molecule has 0 bridgehead atoms. The summed E-state index contributed by atoms with van der Waals surface area (Å²) in [4.78, 5) is 0. The van der Waals surface area contributed by atoms with Crippen LogP contribution >= 0.6 is 0 Å². The third-order valence-corrected chi connectivity index (χ3v) is 3.37. The van der Waals surface area contributed by atoms with Crippen LogP contribution in [0, 0.1) is 0 Å². The molecule has 0 radical (unpaired) electrons. The van der Waals surface area contributed by atoms with Crippen molar-refractivity contribution in [3.05, 3.63) is 48.3 Å². The molecule has 1 atom stereocenters. The van der Waals surface area contributed by atoms with Crippen molar-refractivity contribution in [3.8, 4) is 5.69 Å². The predicted octanol–water partition coefficient (Wildman–Crippen LogP) is 3.27. The molecule has 0 saturated heterocycles. The Morgan fingerprint density at radius 2 is 1.89 bits per heavy atom. The second kappa shape index (κ2) is 5.36. The zero-order valence-electron chi connectivity index (χ0n) is 11.0. The highest BCUT2D eigenvalue weighted by atomic mass is 16.3. The van der Waals surface area contributed by atoms with Crippen LogP contribution in [0.1, 0.15) is 38.8 Å². The Hall–Kier alpha value is -1.61. The van der Waals surface area contributed by atoms with Crippen LogP contribution in [0.3, 0.4) is 0 Å². The van der Waals surface area contributed by atoms with Crippen molar-refractivity contribution >= 4 is 0 Å². The van der Waals surface area contributed by atoms with Crippen molar-refractivity contribution in [1.82, 2.24) is 9.78 Å². The van der Waals surface area contributed by atoms with E-state index in [1.165, 1.54) is 0 Å². The molecule has 0 aliphatic heterocycles. The van der Waals surface area contributed by atoms with E-state index in [1.807, 2.05) is 48.0 Å². The number of aliphatic hydroxyl groups is 1. The van der Waals surface area contributed by atoms with Gasteiger partial charge in [0.05, 0.1) is 11.4 Å². The van der Waals surface area contributed by atoms with Crippen molar-refractivity contribution in [2.24, 2.45) is 0 Å². The summed E-state index contributed by atoms with van der Waals surface area (Å²) in [5.41, 5.74) is 1.07. The molecule has 0 fully saturated rings. The summed E-state index contributed by atoms with van der Waals surface area (Å²) in [6.45, 7) is 4.10. The molecule has 2 rings (SSSR count). The van der Waals surface area contributed by atoms with E-state index in [9.17, 15) is 5.11 Å². The van der Waals surface area contributed by atoms with E-state index in [1.54, 1.807) is 6.20 Å². The molecular formula is C15H20N2O. The summed E-state index contributed by atoms with van der Waals surface area (Å²) in [5.74, 6) is 0. The second-order valence-corrected chi connectivity index (χ2v) is 4.60. The molecule has 0 aliphatic rings. The van der Waals surface area contributed by atoms with Gasteiger partial charge in [0.15, 0.2) is 0 Å². The van der Waals surface area contributed by atoms with Gasteiger partial charge in [0.1, 0.15) is 5.60 Å². The van der Waals surface area contributed by atoms with Crippen LogP contribution in [0.25, 0.3) is 5.69 Å². The number of hydrogen-bond donors (Lipinski definition) is 1. The van der Waals surface area contributed by atoms with E-state index < -0.39 is 5.60 Å². The van der Waals surface area contributed by atoms with E-state index >= 15 is 0 Å². The molecule has 2 aromatic rings. The van der Waals surface area contributed by atoms with E-state index in [4.69, 9.17) is 0 Å². The minimum atomic E-state index is -0.791. The second-order valence-electron chi connectivity index (χ2n) is 4.60. The van der Waals surface area contributed by atoms with Crippen molar-refractivity contribution < 1.29 is 5.11 Å². The standard InChI is InChI=1S/C15H20N2O/c1-3-11-15(18,4-2)14-10-12-16-17(14)13-8-6-5-7-9-13/h5-10,12,18H,3-4,11H2,1-2H3. The van der Waals surface area contributed by atoms with Gasteiger partial charge in [-0.05, 0) is 31.0 Å². The largest absolute Gasteiger partial charge is 0.384 e. The summed E-state index contributed by atoms with van der Waals surface area (Å²) < 4.78 is 1.83. The zero-order valence-corrected chi connectivity index (χ0v) is 11.0. The van der Waals surface area contributed by atoms with Gasteiger partial charge in [0, 0.05) is 6.20 Å². The van der Waals surface area contributed by atoms with E-state index in [-0.39, 0.29) is 0 Å². The van der Waals surface area contributed by atoms with Crippen LogP contribution in [0.5, 0.6) is 0 Å². The van der Waals surface area contributed by atoms with Gasteiger partial charge in [-0.2, -0.15) is 5.10 Å². The lowest BCUT2D eigenvalue weighted by molar-refractivity contribution is 0.0160. The van der Waals surface area contributed by atoms with Crippen LogP contribution in [0.15, 0.2) is 42.6 Å². The molecule has 1 unspecified atom stereocenters. The Morgan fingerprint density at radius 1 is 1.17 bits per heavy atom. The number of benzene rings is 1. The molecule has 3 nitrogen and oxygen atoms in total. The quantitative estimate of drug-likeness (QED) is 0.876. The number of aromatic nitrogens is 2. The summed E-state index contributed by atoms with van der Waals surface area (Å²) in [7, 11) is 0. The van der Waals surface area contributed by atoms with Crippen molar-refractivity contribution in [1.29, 1.82) is 0 Å². The smallest absolute Gasteiger partial charge is 0.106 e. The van der Waals surface area contributed by atoms with Gasteiger partial charge in [0.2, 0.25) is 0 Å². The van der Waals surface area contributed by atoms with Gasteiger partial charge in [0.25, 0.3) is 0 Å². The van der Waals surface area contributed by atoms with Crippen molar-refractivity contribution in [3.63, 3.8) is 0 Å². The lowest BCUT2D eigenvalue weighted by Crippen LogP contribution is -2.27. The van der Waals surface area contributed by atoms with Gasteiger partial charge in [-0.15, -0.1) is 0 Å². The highest BCUT2D eigenvalue weighted by molar-refractivity contribution is 5.33. The minimum Gasteiger partial charge on any atom is -0.384 e. The summed E-state index contributed by atoms with van der Waals surface area (Å²) in [6, 6.07) is 11.8. The zero-order chi connectivity index (χ0) is 13.0. The molecule has 3 heteroatoms. The van der Waals surface area contributed by atoms with Gasteiger partial charge in [-0.3, -0.25) is 0 Å². The van der Waals surface area contributed by atoms with Crippen molar-refractivity contribution in [2.45, 2.75) is 38.7 Å². The van der Waals surface area contributed by atoms with Gasteiger partial charge in [-0.1, -0.05) is 38.5 Å². The molecule has 1 aromatic heterocycles. The van der Waals surface area contributed by atoms with Gasteiger partial charge in [-0.25, -0.2) is 4.68 Å². The Labute approximate surface area is 108 Å². The molecule has 0 spiro atoms. The third kappa shape index (κ3) is 2.31. The molecule has 1 heterocycles. The highest BCUT2D eigenvalue weighted by Crippen LogP contribution is 2.31. The predicted molar refractivity (Wildman–Crippen MR) is 72.7 cm³/mol. The molecule has 1 aromatic carbocycles. The fourth-order valence-corrected chi connectivity index (χ4v) is 2.33. The Bertz CT molecular complexity index is 492. The average Bonchev–Trinajstić information content (AvgIpc) is 2.90. The molecule has 1 N–H and O–H groups in total. The SMILES string of the molecule is CCCC(O)(CC)c1ccnn1-c1ccccc1. The van der Waals surface area contributed by atoms with Gasteiger partial charge < -0.3 is 5.11 Å². The Morgan fingerprint density at radius 3 is 2.50 bits per heavy atom. The molecular weight excluding hydrogens is 224 g/mol. The first-order chi connectivity index (χ1) is 8.71. The maximum atomic E-state index is 10.8. The molecule has 18 heavy (non-hydrogen) atoms. The molecule has 0 amide bonds. The summed E-state index contributed by atoms with van der Waals surface area (Å²) >= 11 is 0. The van der Waals surface area contributed by atoms with Crippen LogP contribution in [0.4, 0.5) is 0 Å². The van der Waals surface area contributed by atoms with Crippen LogP contribution < -0.4 is 0 Å². The maximum absolute atomic E-state index is 10.8. The molecule has 96 valence electrons. The fraction of sp³-hybridized carbons (Fsp3) is 0.400.